The van der Waals surface area contributed by atoms with Crippen molar-refractivity contribution in [3.63, 3.8) is 0 Å². The minimum Gasteiger partial charge on any atom is -0.493 e. The monoisotopic (exact) mass is 268 g/mol. The predicted octanol–water partition coefficient (Wildman–Crippen LogP) is 3.41. The van der Waals surface area contributed by atoms with Crippen molar-refractivity contribution in [1.29, 1.82) is 0 Å². The molecule has 0 radical (unpaired) electrons. The molecule has 1 aliphatic rings. The molecule has 0 aliphatic heterocycles. The van der Waals surface area contributed by atoms with Gasteiger partial charge in [0.25, 0.3) is 0 Å². The SMILES string of the molecule is COc1cc(Cl)c(CCC=O)cc1OC1CCC1. The number of ether oxygens (including phenoxy) is 2. The Bertz CT molecular complexity index is 427. The Morgan fingerprint density at radius 2 is 2.17 bits per heavy atom. The number of carbonyl (C=O) groups excluding carboxylic acids is 1. The first-order valence-electron chi connectivity index (χ1n) is 6.21. The molecule has 2 rings (SSSR count). The summed E-state index contributed by atoms with van der Waals surface area (Å²) in [6.07, 6.45) is 5.69. The third-order valence-corrected chi connectivity index (χ3v) is 3.56. The zero-order chi connectivity index (χ0) is 13.0. The van der Waals surface area contributed by atoms with E-state index in [1.165, 1.54) is 6.42 Å². The van der Waals surface area contributed by atoms with Crippen LogP contribution in [-0.4, -0.2) is 19.5 Å². The number of carbonyl (C=O) groups is 1. The summed E-state index contributed by atoms with van der Waals surface area (Å²) in [6, 6.07) is 3.65. The summed E-state index contributed by atoms with van der Waals surface area (Å²) in [7, 11) is 1.60. The molecule has 0 saturated heterocycles. The van der Waals surface area contributed by atoms with E-state index >= 15 is 0 Å². The lowest BCUT2D eigenvalue weighted by Crippen LogP contribution is -2.24. The van der Waals surface area contributed by atoms with Crippen molar-refractivity contribution < 1.29 is 14.3 Å². The average Bonchev–Trinajstić information content (AvgIpc) is 2.33. The highest BCUT2D eigenvalue weighted by Gasteiger charge is 2.21. The van der Waals surface area contributed by atoms with E-state index < -0.39 is 0 Å². The number of hydrogen-bond acceptors (Lipinski definition) is 3. The highest BCUT2D eigenvalue weighted by atomic mass is 35.5. The first-order valence-corrected chi connectivity index (χ1v) is 6.59. The topological polar surface area (TPSA) is 35.5 Å². The third-order valence-electron chi connectivity index (χ3n) is 3.21. The van der Waals surface area contributed by atoms with Gasteiger partial charge in [0, 0.05) is 17.5 Å². The van der Waals surface area contributed by atoms with Gasteiger partial charge in [0.15, 0.2) is 11.5 Å². The van der Waals surface area contributed by atoms with Crippen LogP contribution in [0.4, 0.5) is 0 Å². The summed E-state index contributed by atoms with van der Waals surface area (Å²) in [6.45, 7) is 0. The zero-order valence-corrected chi connectivity index (χ0v) is 11.2. The normalized spacial score (nSPS) is 15.0. The summed E-state index contributed by atoms with van der Waals surface area (Å²) in [5, 5.41) is 0.620. The molecule has 0 atom stereocenters. The maximum absolute atomic E-state index is 10.4. The van der Waals surface area contributed by atoms with Crippen LogP contribution in [0.15, 0.2) is 12.1 Å². The molecule has 1 aromatic carbocycles. The fourth-order valence-electron chi connectivity index (χ4n) is 1.90. The zero-order valence-electron chi connectivity index (χ0n) is 10.4. The summed E-state index contributed by atoms with van der Waals surface area (Å²) < 4.78 is 11.2. The lowest BCUT2D eigenvalue weighted by molar-refractivity contribution is -0.107. The van der Waals surface area contributed by atoms with E-state index in [0.717, 1.165) is 30.4 Å². The molecule has 0 amide bonds. The van der Waals surface area contributed by atoms with Gasteiger partial charge in [-0.1, -0.05) is 11.6 Å². The maximum Gasteiger partial charge on any atom is 0.162 e. The van der Waals surface area contributed by atoms with E-state index in [-0.39, 0.29) is 0 Å². The van der Waals surface area contributed by atoms with Crippen molar-refractivity contribution in [2.24, 2.45) is 0 Å². The maximum atomic E-state index is 10.4. The van der Waals surface area contributed by atoms with Crippen molar-refractivity contribution in [3.05, 3.63) is 22.7 Å². The van der Waals surface area contributed by atoms with Crippen molar-refractivity contribution in [3.8, 4) is 11.5 Å². The number of hydrogen-bond donors (Lipinski definition) is 0. The number of aldehydes is 1. The second-order valence-electron chi connectivity index (χ2n) is 4.47. The van der Waals surface area contributed by atoms with E-state index in [9.17, 15) is 4.79 Å². The van der Waals surface area contributed by atoms with Crippen LogP contribution in [0.3, 0.4) is 0 Å². The second-order valence-corrected chi connectivity index (χ2v) is 4.88. The van der Waals surface area contributed by atoms with Crippen LogP contribution in [-0.2, 0) is 11.2 Å². The van der Waals surface area contributed by atoms with Gasteiger partial charge in [0.1, 0.15) is 6.29 Å². The van der Waals surface area contributed by atoms with Crippen molar-refractivity contribution >= 4 is 17.9 Å². The highest BCUT2D eigenvalue weighted by Crippen LogP contribution is 2.36. The smallest absolute Gasteiger partial charge is 0.162 e. The van der Waals surface area contributed by atoms with E-state index in [1.807, 2.05) is 6.07 Å². The molecule has 0 aromatic heterocycles. The average molecular weight is 269 g/mol. The number of rotatable bonds is 6. The molecule has 0 N–H and O–H groups in total. The van der Waals surface area contributed by atoms with Crippen LogP contribution >= 0.6 is 11.6 Å². The van der Waals surface area contributed by atoms with Crippen LogP contribution in [0.1, 0.15) is 31.2 Å². The molecule has 4 heteroatoms. The fourth-order valence-corrected chi connectivity index (χ4v) is 2.15. The molecule has 0 spiro atoms. The van der Waals surface area contributed by atoms with Crippen LogP contribution in [0.2, 0.25) is 5.02 Å². The van der Waals surface area contributed by atoms with Gasteiger partial charge in [-0.05, 0) is 37.3 Å². The lowest BCUT2D eigenvalue weighted by Gasteiger charge is -2.27. The van der Waals surface area contributed by atoms with Crippen LogP contribution in [0.5, 0.6) is 11.5 Å². The van der Waals surface area contributed by atoms with Gasteiger partial charge >= 0.3 is 0 Å². The fraction of sp³-hybridized carbons (Fsp3) is 0.500. The summed E-state index contributed by atoms with van der Waals surface area (Å²) in [5.41, 5.74) is 0.930. The molecule has 0 bridgehead atoms. The van der Waals surface area contributed by atoms with Gasteiger partial charge in [-0.3, -0.25) is 0 Å². The quantitative estimate of drug-likeness (QED) is 0.742. The summed E-state index contributed by atoms with van der Waals surface area (Å²) in [5.74, 6) is 1.38. The lowest BCUT2D eigenvalue weighted by atomic mass is 9.96. The third kappa shape index (κ3) is 2.96. The van der Waals surface area contributed by atoms with Crippen molar-refractivity contribution in [1.82, 2.24) is 0 Å². The molecule has 18 heavy (non-hydrogen) atoms. The Morgan fingerprint density at radius 1 is 1.39 bits per heavy atom. The van der Waals surface area contributed by atoms with E-state index in [1.54, 1.807) is 13.2 Å². The molecule has 0 heterocycles. The van der Waals surface area contributed by atoms with Crippen LogP contribution in [0.25, 0.3) is 0 Å². The largest absolute Gasteiger partial charge is 0.493 e. The van der Waals surface area contributed by atoms with Crippen molar-refractivity contribution in [2.75, 3.05) is 7.11 Å². The Morgan fingerprint density at radius 3 is 2.72 bits per heavy atom. The Labute approximate surface area is 112 Å². The number of aryl methyl sites for hydroxylation is 1. The number of benzene rings is 1. The molecule has 1 aliphatic carbocycles. The summed E-state index contributed by atoms with van der Waals surface area (Å²) in [4.78, 5) is 10.4. The Hall–Kier alpha value is -1.22. The van der Waals surface area contributed by atoms with Gasteiger partial charge in [0.2, 0.25) is 0 Å². The first-order chi connectivity index (χ1) is 8.74. The van der Waals surface area contributed by atoms with Crippen LogP contribution in [0, 0.1) is 0 Å². The number of methoxy groups -OCH3 is 1. The Kier molecular flexibility index (Phi) is 4.48. The standard InChI is InChI=1S/C14H17ClO3/c1-17-13-9-12(15)10(4-3-7-16)8-14(13)18-11-5-2-6-11/h7-9,11H,2-6H2,1H3. The van der Waals surface area contributed by atoms with E-state index in [2.05, 4.69) is 0 Å². The van der Waals surface area contributed by atoms with Gasteiger partial charge in [0.05, 0.1) is 13.2 Å². The summed E-state index contributed by atoms with van der Waals surface area (Å²) >= 11 is 6.15. The molecule has 0 unspecified atom stereocenters. The number of halogens is 1. The highest BCUT2D eigenvalue weighted by molar-refractivity contribution is 6.31. The predicted molar refractivity (Wildman–Crippen MR) is 70.7 cm³/mol. The molecule has 3 nitrogen and oxygen atoms in total. The van der Waals surface area contributed by atoms with Gasteiger partial charge in [-0.15, -0.1) is 0 Å². The molecule has 1 saturated carbocycles. The van der Waals surface area contributed by atoms with Crippen LogP contribution < -0.4 is 9.47 Å². The van der Waals surface area contributed by atoms with Gasteiger partial charge < -0.3 is 14.3 Å². The molecular weight excluding hydrogens is 252 g/mol. The van der Waals surface area contributed by atoms with E-state index in [0.29, 0.717) is 29.7 Å². The Balaban J connectivity index is 2.20. The minimum atomic E-state index is 0.291. The minimum absolute atomic E-state index is 0.291. The van der Waals surface area contributed by atoms with E-state index in [4.69, 9.17) is 21.1 Å². The first kappa shape index (κ1) is 13.2. The second kappa shape index (κ2) is 6.10. The van der Waals surface area contributed by atoms with Gasteiger partial charge in [-0.2, -0.15) is 0 Å². The molecule has 1 fully saturated rings. The molecule has 98 valence electrons. The van der Waals surface area contributed by atoms with Crippen molar-refractivity contribution in [2.45, 2.75) is 38.2 Å². The van der Waals surface area contributed by atoms with Gasteiger partial charge in [-0.25, -0.2) is 0 Å². The molecular formula is C14H17ClO3. The molecule has 1 aromatic rings.